The molecule has 98 valence electrons. The van der Waals surface area contributed by atoms with E-state index in [1.807, 2.05) is 0 Å². The second kappa shape index (κ2) is 4.87. The number of hydrogen-bond acceptors (Lipinski definition) is 3. The first kappa shape index (κ1) is 11.9. The molecule has 0 aromatic carbocycles. The lowest BCUT2D eigenvalue weighted by Crippen LogP contribution is -2.38. The van der Waals surface area contributed by atoms with Crippen LogP contribution in [0.2, 0.25) is 0 Å². The van der Waals surface area contributed by atoms with Gasteiger partial charge < -0.3 is 15.0 Å². The topological polar surface area (TPSA) is 24.5 Å². The lowest BCUT2D eigenvalue weighted by atomic mass is 9.98. The third-order valence-electron chi connectivity index (χ3n) is 4.88. The monoisotopic (exact) mass is 238 g/mol. The molecule has 1 aliphatic carbocycles. The van der Waals surface area contributed by atoms with Crippen LogP contribution in [0.3, 0.4) is 0 Å². The van der Waals surface area contributed by atoms with E-state index >= 15 is 0 Å². The summed E-state index contributed by atoms with van der Waals surface area (Å²) in [4.78, 5) is 2.41. The Morgan fingerprint density at radius 2 is 2.06 bits per heavy atom. The molecule has 2 heterocycles. The number of rotatable bonds is 3. The van der Waals surface area contributed by atoms with Crippen molar-refractivity contribution in [2.75, 3.05) is 26.7 Å². The molecule has 0 bridgehead atoms. The zero-order valence-electron chi connectivity index (χ0n) is 11.1. The number of nitrogens with zero attached hydrogens (tertiary/aromatic N) is 1. The Morgan fingerprint density at radius 1 is 1.24 bits per heavy atom. The molecule has 17 heavy (non-hydrogen) atoms. The molecule has 2 atom stereocenters. The van der Waals surface area contributed by atoms with Crippen LogP contribution >= 0.6 is 0 Å². The maximum Gasteiger partial charge on any atom is 0.0708 e. The number of nitrogens with one attached hydrogen (secondary N) is 1. The molecule has 0 radical (unpaired) electrons. The van der Waals surface area contributed by atoms with E-state index < -0.39 is 0 Å². The highest BCUT2D eigenvalue weighted by Gasteiger charge is 2.42. The van der Waals surface area contributed by atoms with Crippen molar-refractivity contribution < 1.29 is 4.74 Å². The highest BCUT2D eigenvalue weighted by molar-refractivity contribution is 4.93. The molecule has 3 nitrogen and oxygen atoms in total. The quantitative estimate of drug-likeness (QED) is 0.811. The van der Waals surface area contributed by atoms with Crippen LogP contribution in [0.4, 0.5) is 0 Å². The van der Waals surface area contributed by atoms with Crippen molar-refractivity contribution >= 4 is 0 Å². The van der Waals surface area contributed by atoms with Crippen molar-refractivity contribution in [3.8, 4) is 0 Å². The van der Waals surface area contributed by atoms with E-state index in [9.17, 15) is 0 Å². The molecule has 2 saturated heterocycles. The Morgan fingerprint density at radius 3 is 2.76 bits per heavy atom. The summed E-state index contributed by atoms with van der Waals surface area (Å²) in [6, 6.07) is 0.698. The summed E-state index contributed by atoms with van der Waals surface area (Å²) in [6.07, 6.45) is 9.76. The summed E-state index contributed by atoms with van der Waals surface area (Å²) in [5, 5.41) is 3.69. The molecule has 1 spiro atoms. The average molecular weight is 238 g/mol. The summed E-state index contributed by atoms with van der Waals surface area (Å²) < 4.78 is 6.32. The van der Waals surface area contributed by atoms with Gasteiger partial charge in [-0.2, -0.15) is 0 Å². The van der Waals surface area contributed by atoms with Gasteiger partial charge in [-0.25, -0.2) is 0 Å². The van der Waals surface area contributed by atoms with Crippen molar-refractivity contribution in [3.05, 3.63) is 0 Å². The minimum atomic E-state index is 0.304. The molecule has 2 aliphatic heterocycles. The maximum absolute atomic E-state index is 6.32. The van der Waals surface area contributed by atoms with Gasteiger partial charge in [-0.15, -0.1) is 0 Å². The molecule has 3 rings (SSSR count). The summed E-state index contributed by atoms with van der Waals surface area (Å²) in [5.74, 6) is 0. The molecule has 0 amide bonds. The fraction of sp³-hybridized carbons (Fsp3) is 1.00. The van der Waals surface area contributed by atoms with Crippen molar-refractivity contribution in [1.82, 2.24) is 10.2 Å². The van der Waals surface area contributed by atoms with Gasteiger partial charge in [0, 0.05) is 19.1 Å². The first-order valence-corrected chi connectivity index (χ1v) is 7.36. The third-order valence-corrected chi connectivity index (χ3v) is 4.88. The minimum Gasteiger partial charge on any atom is -0.370 e. The van der Waals surface area contributed by atoms with Crippen molar-refractivity contribution in [2.45, 2.75) is 62.7 Å². The van der Waals surface area contributed by atoms with Crippen LogP contribution in [-0.2, 0) is 4.74 Å². The van der Waals surface area contributed by atoms with Gasteiger partial charge in [-0.3, -0.25) is 0 Å². The first-order valence-electron chi connectivity index (χ1n) is 7.36. The highest BCUT2D eigenvalue weighted by atomic mass is 16.5. The van der Waals surface area contributed by atoms with Crippen molar-refractivity contribution in [1.29, 1.82) is 0 Å². The number of ether oxygens (including phenoxy) is 1. The molecule has 0 aromatic rings. The van der Waals surface area contributed by atoms with Crippen LogP contribution < -0.4 is 5.32 Å². The van der Waals surface area contributed by atoms with E-state index in [0.29, 0.717) is 17.7 Å². The molecule has 0 aromatic heterocycles. The summed E-state index contributed by atoms with van der Waals surface area (Å²) >= 11 is 0. The van der Waals surface area contributed by atoms with Gasteiger partial charge in [0.2, 0.25) is 0 Å². The van der Waals surface area contributed by atoms with E-state index in [0.717, 1.165) is 6.54 Å². The molecule has 3 aliphatic rings. The number of likely N-dealkylation sites (N-methyl/N-ethyl adjacent to an activating group) is 1. The second-order valence-corrected chi connectivity index (χ2v) is 6.32. The third kappa shape index (κ3) is 2.67. The molecular weight excluding hydrogens is 212 g/mol. The Balaban J connectivity index is 1.42. The van der Waals surface area contributed by atoms with Gasteiger partial charge in [-0.05, 0) is 45.7 Å². The summed E-state index contributed by atoms with van der Waals surface area (Å²) in [6.45, 7) is 3.52. The first-order chi connectivity index (χ1) is 8.26. The Kier molecular flexibility index (Phi) is 3.42. The van der Waals surface area contributed by atoms with E-state index in [1.54, 1.807) is 0 Å². The SMILES string of the molecule is CN1CCC(NCC2CCC3(CCCC3)O2)C1. The zero-order valence-corrected chi connectivity index (χ0v) is 11.1. The zero-order chi connectivity index (χ0) is 11.7. The number of likely N-dealkylation sites (tertiary alicyclic amines) is 1. The van der Waals surface area contributed by atoms with Crippen LogP contribution in [0.5, 0.6) is 0 Å². The van der Waals surface area contributed by atoms with Gasteiger partial charge in [0.25, 0.3) is 0 Å². The van der Waals surface area contributed by atoms with Crippen LogP contribution in [0.1, 0.15) is 44.9 Å². The molecule has 2 unspecified atom stereocenters. The smallest absolute Gasteiger partial charge is 0.0708 e. The fourth-order valence-electron chi connectivity index (χ4n) is 3.83. The maximum atomic E-state index is 6.32. The van der Waals surface area contributed by atoms with Gasteiger partial charge >= 0.3 is 0 Å². The van der Waals surface area contributed by atoms with Crippen molar-refractivity contribution in [2.24, 2.45) is 0 Å². The van der Waals surface area contributed by atoms with Crippen LogP contribution in [0.25, 0.3) is 0 Å². The molecule has 3 heteroatoms. The Labute approximate surface area is 105 Å². The van der Waals surface area contributed by atoms with Crippen LogP contribution in [0, 0.1) is 0 Å². The summed E-state index contributed by atoms with van der Waals surface area (Å²) in [7, 11) is 2.21. The Bertz CT molecular complexity index is 263. The largest absolute Gasteiger partial charge is 0.370 e. The molecule has 1 N–H and O–H groups in total. The van der Waals surface area contributed by atoms with Gasteiger partial charge in [0.15, 0.2) is 0 Å². The van der Waals surface area contributed by atoms with Crippen molar-refractivity contribution in [3.63, 3.8) is 0 Å². The van der Waals surface area contributed by atoms with E-state index in [-0.39, 0.29) is 0 Å². The molecule has 3 fully saturated rings. The van der Waals surface area contributed by atoms with Gasteiger partial charge in [0.1, 0.15) is 0 Å². The summed E-state index contributed by atoms with van der Waals surface area (Å²) in [5.41, 5.74) is 0.304. The average Bonchev–Trinajstić information content (AvgIpc) is 3.01. The van der Waals surface area contributed by atoms with E-state index in [1.165, 1.54) is 58.0 Å². The van der Waals surface area contributed by atoms with Crippen LogP contribution in [-0.4, -0.2) is 49.3 Å². The lowest BCUT2D eigenvalue weighted by molar-refractivity contribution is -0.0357. The normalized spacial score (nSPS) is 37.2. The highest BCUT2D eigenvalue weighted by Crippen LogP contribution is 2.43. The predicted molar refractivity (Wildman–Crippen MR) is 69.2 cm³/mol. The minimum absolute atomic E-state index is 0.304. The molecular formula is C14H26N2O. The lowest BCUT2D eigenvalue weighted by Gasteiger charge is -2.24. The van der Waals surface area contributed by atoms with Crippen LogP contribution in [0.15, 0.2) is 0 Å². The molecule has 1 saturated carbocycles. The van der Waals surface area contributed by atoms with E-state index in [2.05, 4.69) is 17.3 Å². The standard InChI is InChI=1S/C14H26N2O/c1-16-9-5-12(11-16)15-10-13-4-8-14(17-13)6-2-3-7-14/h12-13,15H,2-11H2,1H3. The number of hydrogen-bond donors (Lipinski definition) is 1. The van der Waals surface area contributed by atoms with Gasteiger partial charge in [-0.1, -0.05) is 12.8 Å². The fourth-order valence-corrected chi connectivity index (χ4v) is 3.83. The predicted octanol–water partition coefficient (Wildman–Crippen LogP) is 1.77. The Hall–Kier alpha value is -0.120. The van der Waals surface area contributed by atoms with Gasteiger partial charge in [0.05, 0.1) is 11.7 Å². The van der Waals surface area contributed by atoms with E-state index in [4.69, 9.17) is 4.74 Å². The second-order valence-electron chi connectivity index (χ2n) is 6.32.